The topological polar surface area (TPSA) is 42.0 Å². The first-order valence-corrected chi connectivity index (χ1v) is 8.12. The van der Waals surface area contributed by atoms with Gasteiger partial charge in [0, 0.05) is 27.7 Å². The number of urea groups is 1. The fourth-order valence-electron chi connectivity index (χ4n) is 3.03. The molecule has 1 unspecified atom stereocenters. The van der Waals surface area contributed by atoms with E-state index in [1.54, 1.807) is 38.1 Å². The highest BCUT2D eigenvalue weighted by Gasteiger charge is 2.33. The first kappa shape index (κ1) is 17.4. The van der Waals surface area contributed by atoms with Crippen LogP contribution in [0.15, 0.2) is 18.2 Å². The molecule has 0 spiro atoms. The van der Waals surface area contributed by atoms with Crippen molar-refractivity contribution in [1.29, 1.82) is 0 Å². The second-order valence-electron chi connectivity index (χ2n) is 6.45. The molecule has 128 valence electrons. The summed E-state index contributed by atoms with van der Waals surface area (Å²) in [7, 11) is 8.74. The number of rotatable bonds is 7. The number of amides is 2. The molecule has 0 saturated heterocycles. The van der Waals surface area contributed by atoms with Gasteiger partial charge in [0.05, 0.1) is 14.2 Å². The molecule has 2 rings (SSSR count). The number of hydrogen-bond donors (Lipinski definition) is 0. The highest BCUT2D eigenvalue weighted by Crippen LogP contribution is 2.46. The molecule has 0 heterocycles. The highest BCUT2D eigenvalue weighted by atomic mass is 16.5. The third kappa shape index (κ3) is 4.30. The van der Waals surface area contributed by atoms with Crippen LogP contribution in [0.25, 0.3) is 0 Å². The Bertz CT molecular complexity index is 541. The van der Waals surface area contributed by atoms with E-state index in [0.29, 0.717) is 5.92 Å². The lowest BCUT2D eigenvalue weighted by atomic mass is 9.90. The van der Waals surface area contributed by atoms with Crippen molar-refractivity contribution < 1.29 is 14.3 Å². The lowest BCUT2D eigenvalue weighted by molar-refractivity contribution is 0.180. The van der Waals surface area contributed by atoms with Gasteiger partial charge >= 0.3 is 6.03 Å². The highest BCUT2D eigenvalue weighted by molar-refractivity contribution is 5.73. The first-order chi connectivity index (χ1) is 11.0. The molecule has 1 aromatic rings. The van der Waals surface area contributed by atoms with Crippen molar-refractivity contribution in [3.8, 4) is 11.5 Å². The Kier molecular flexibility index (Phi) is 5.74. The lowest BCUT2D eigenvalue weighted by Gasteiger charge is -2.25. The van der Waals surface area contributed by atoms with E-state index in [4.69, 9.17) is 9.47 Å². The molecule has 0 aromatic heterocycles. The van der Waals surface area contributed by atoms with E-state index in [2.05, 4.69) is 12.1 Å². The zero-order valence-corrected chi connectivity index (χ0v) is 14.8. The molecular weight excluding hydrogens is 292 g/mol. The zero-order chi connectivity index (χ0) is 17.0. The predicted octanol–water partition coefficient (Wildman–Crippen LogP) is 3.20. The molecule has 1 aromatic carbocycles. The van der Waals surface area contributed by atoms with Crippen LogP contribution in [-0.2, 0) is 0 Å². The summed E-state index contributed by atoms with van der Waals surface area (Å²) < 4.78 is 10.7. The molecule has 1 fully saturated rings. The van der Waals surface area contributed by atoms with Gasteiger partial charge in [-0.2, -0.15) is 0 Å². The van der Waals surface area contributed by atoms with Crippen LogP contribution in [0.3, 0.4) is 0 Å². The van der Waals surface area contributed by atoms with Gasteiger partial charge in [-0.05, 0) is 48.8 Å². The van der Waals surface area contributed by atoms with Gasteiger partial charge in [0.25, 0.3) is 0 Å². The van der Waals surface area contributed by atoms with E-state index < -0.39 is 0 Å². The van der Waals surface area contributed by atoms with Crippen LogP contribution in [0, 0.1) is 5.92 Å². The summed E-state index contributed by atoms with van der Waals surface area (Å²) in [5.74, 6) is 2.71. The minimum absolute atomic E-state index is 0.0480. The molecular formula is C18H28N2O3. The van der Waals surface area contributed by atoms with Gasteiger partial charge in [-0.25, -0.2) is 4.79 Å². The molecule has 23 heavy (non-hydrogen) atoms. The summed E-state index contributed by atoms with van der Waals surface area (Å²) in [6.45, 7) is 0.756. The van der Waals surface area contributed by atoms with Crippen molar-refractivity contribution in [3.05, 3.63) is 23.8 Å². The molecule has 0 N–H and O–H groups in total. The summed E-state index contributed by atoms with van der Waals surface area (Å²) in [6.07, 6.45) is 3.50. The van der Waals surface area contributed by atoms with Gasteiger partial charge < -0.3 is 19.3 Å². The van der Waals surface area contributed by atoms with Gasteiger partial charge in [-0.15, -0.1) is 0 Å². The average molecular weight is 320 g/mol. The number of ether oxygens (including phenoxy) is 2. The third-order valence-corrected chi connectivity index (χ3v) is 4.51. The van der Waals surface area contributed by atoms with Crippen LogP contribution in [0.5, 0.6) is 11.5 Å². The number of carbonyl (C=O) groups excluding carboxylic acids is 1. The Morgan fingerprint density at radius 1 is 1.17 bits per heavy atom. The molecule has 1 aliphatic rings. The van der Waals surface area contributed by atoms with Crippen LogP contribution in [-0.4, -0.2) is 57.7 Å². The van der Waals surface area contributed by atoms with Crippen LogP contribution in [0.1, 0.15) is 30.7 Å². The van der Waals surface area contributed by atoms with Gasteiger partial charge in [-0.1, -0.05) is 6.07 Å². The number of methoxy groups -OCH3 is 2. The molecule has 0 bridgehead atoms. The van der Waals surface area contributed by atoms with E-state index in [1.165, 1.54) is 18.4 Å². The zero-order valence-electron chi connectivity index (χ0n) is 14.8. The number of carbonyl (C=O) groups is 1. The second kappa shape index (κ2) is 7.57. The summed E-state index contributed by atoms with van der Waals surface area (Å²) in [5.41, 5.74) is 1.27. The maximum absolute atomic E-state index is 12.0. The normalized spacial score (nSPS) is 15.0. The molecule has 2 amide bonds. The van der Waals surface area contributed by atoms with Gasteiger partial charge in [0.1, 0.15) is 0 Å². The van der Waals surface area contributed by atoms with Crippen LogP contribution in [0.2, 0.25) is 0 Å². The molecule has 5 heteroatoms. The van der Waals surface area contributed by atoms with E-state index in [9.17, 15) is 4.79 Å². The average Bonchev–Trinajstić information content (AvgIpc) is 3.38. The maximum Gasteiger partial charge on any atom is 0.319 e. The smallest absolute Gasteiger partial charge is 0.319 e. The molecule has 0 radical (unpaired) electrons. The largest absolute Gasteiger partial charge is 0.493 e. The lowest BCUT2D eigenvalue weighted by Crippen LogP contribution is -2.37. The van der Waals surface area contributed by atoms with Gasteiger partial charge in [0.15, 0.2) is 11.5 Å². The Morgan fingerprint density at radius 3 is 2.35 bits per heavy atom. The standard InChI is InChI=1S/C18H28N2O3/c1-19(2)18(21)20(3)11-10-15(13-6-7-13)14-8-9-16(22-4)17(12-14)23-5/h8-9,12-13,15H,6-7,10-11H2,1-5H3. The van der Waals surface area contributed by atoms with E-state index in [-0.39, 0.29) is 6.03 Å². The van der Waals surface area contributed by atoms with Crippen molar-refractivity contribution in [2.75, 3.05) is 41.9 Å². The molecule has 1 aliphatic carbocycles. The fraction of sp³-hybridized carbons (Fsp3) is 0.611. The summed E-state index contributed by atoms with van der Waals surface area (Å²) in [6, 6.07) is 6.22. The molecule has 1 saturated carbocycles. The number of hydrogen-bond acceptors (Lipinski definition) is 3. The minimum Gasteiger partial charge on any atom is -0.493 e. The van der Waals surface area contributed by atoms with Crippen LogP contribution in [0.4, 0.5) is 4.79 Å². The first-order valence-electron chi connectivity index (χ1n) is 8.12. The van der Waals surface area contributed by atoms with Crippen molar-refractivity contribution >= 4 is 6.03 Å². The van der Waals surface area contributed by atoms with Crippen molar-refractivity contribution in [3.63, 3.8) is 0 Å². The third-order valence-electron chi connectivity index (χ3n) is 4.51. The second-order valence-corrected chi connectivity index (χ2v) is 6.45. The monoisotopic (exact) mass is 320 g/mol. The van der Waals surface area contributed by atoms with Crippen LogP contribution >= 0.6 is 0 Å². The summed E-state index contributed by atoms with van der Waals surface area (Å²) in [4.78, 5) is 15.4. The summed E-state index contributed by atoms with van der Waals surface area (Å²) >= 11 is 0. The van der Waals surface area contributed by atoms with Gasteiger partial charge in [-0.3, -0.25) is 0 Å². The molecule has 1 atom stereocenters. The maximum atomic E-state index is 12.0. The number of nitrogens with zero attached hydrogens (tertiary/aromatic N) is 2. The fourth-order valence-corrected chi connectivity index (χ4v) is 3.03. The molecule has 5 nitrogen and oxygen atoms in total. The Morgan fingerprint density at radius 2 is 1.83 bits per heavy atom. The minimum atomic E-state index is 0.0480. The SMILES string of the molecule is COc1ccc(C(CCN(C)C(=O)N(C)C)C2CC2)cc1OC. The van der Waals surface area contributed by atoms with Crippen molar-refractivity contribution in [2.45, 2.75) is 25.2 Å². The van der Waals surface area contributed by atoms with E-state index in [1.807, 2.05) is 13.1 Å². The van der Waals surface area contributed by atoms with Crippen LogP contribution < -0.4 is 9.47 Å². The summed E-state index contributed by atoms with van der Waals surface area (Å²) in [5, 5.41) is 0. The van der Waals surface area contributed by atoms with Crippen molar-refractivity contribution in [1.82, 2.24) is 9.80 Å². The Balaban J connectivity index is 2.08. The Labute approximate surface area is 139 Å². The quantitative estimate of drug-likeness (QED) is 0.775. The predicted molar refractivity (Wildman–Crippen MR) is 91.3 cm³/mol. The van der Waals surface area contributed by atoms with Gasteiger partial charge in [0.2, 0.25) is 0 Å². The number of benzene rings is 1. The van der Waals surface area contributed by atoms with Crippen molar-refractivity contribution in [2.24, 2.45) is 5.92 Å². The Hall–Kier alpha value is -1.91. The van der Waals surface area contributed by atoms with E-state index >= 15 is 0 Å². The van der Waals surface area contributed by atoms with E-state index in [0.717, 1.165) is 30.4 Å². The molecule has 0 aliphatic heterocycles.